The van der Waals surface area contributed by atoms with Crippen molar-refractivity contribution in [3.05, 3.63) is 83.9 Å². The number of phenolic OH excluding ortho intramolecular Hbond substituents is 4. The van der Waals surface area contributed by atoms with Gasteiger partial charge in [0, 0.05) is 81.1 Å². The first-order chi connectivity index (χ1) is 25.2. The molecule has 8 nitrogen and oxygen atoms in total. The second-order valence-electron chi connectivity index (χ2n) is 14.3. The van der Waals surface area contributed by atoms with Crippen LogP contribution in [0.25, 0.3) is 43.1 Å². The highest BCUT2D eigenvalue weighted by molar-refractivity contribution is 6.19. The maximum absolute atomic E-state index is 12.4. The monoisotopic (exact) mass is 702 g/mol. The summed E-state index contributed by atoms with van der Waals surface area (Å²) in [4.78, 5) is 4.57. The average Bonchev–Trinajstić information content (AvgIpc) is 3.12. The van der Waals surface area contributed by atoms with Gasteiger partial charge in [0.2, 0.25) is 0 Å². The Morgan fingerprint density at radius 1 is 0.423 bits per heavy atom. The molecule has 0 bridgehead atoms. The number of benzene rings is 6. The van der Waals surface area contributed by atoms with Crippen molar-refractivity contribution in [3.63, 3.8) is 0 Å². The van der Waals surface area contributed by atoms with E-state index >= 15 is 0 Å². The molecule has 0 radical (unpaired) electrons. The number of anilines is 2. The molecular weight excluding hydrogens is 652 g/mol. The standard InChI is InChI=1S/C44H50N2O6/c1-5-21-45(22-6-2)41-25-13-9-17-29(47)33(25)37(34-26(41)14-10-18-30(34)48)39-43(51)40(44(39)52)38-35-27(15-11-19-31(35)49)42(46(23-7-3)24-8-4)28-16-12-20-32(50)36(28)38/h9-20,39-40,43-44,47-52H,5-8,21-24H2,1-4H3. The van der Waals surface area contributed by atoms with Gasteiger partial charge in [-0.25, -0.2) is 0 Å². The van der Waals surface area contributed by atoms with Crippen LogP contribution in [0.4, 0.5) is 11.4 Å². The molecule has 0 heterocycles. The highest BCUT2D eigenvalue weighted by Gasteiger charge is 2.53. The van der Waals surface area contributed by atoms with Gasteiger partial charge >= 0.3 is 0 Å². The Kier molecular flexibility index (Phi) is 9.72. The lowest BCUT2D eigenvalue weighted by Gasteiger charge is -2.48. The molecule has 1 aliphatic carbocycles. The normalized spacial score (nSPS) is 18.7. The van der Waals surface area contributed by atoms with E-state index in [1.54, 1.807) is 48.5 Å². The van der Waals surface area contributed by atoms with E-state index in [2.05, 4.69) is 37.5 Å². The second-order valence-corrected chi connectivity index (χ2v) is 14.3. The largest absolute Gasteiger partial charge is 0.507 e. The van der Waals surface area contributed by atoms with Crippen molar-refractivity contribution in [1.29, 1.82) is 0 Å². The summed E-state index contributed by atoms with van der Waals surface area (Å²) in [6, 6.07) is 21.5. The van der Waals surface area contributed by atoms with Gasteiger partial charge in [0.05, 0.1) is 23.6 Å². The molecule has 0 spiro atoms. The number of hydrogen-bond acceptors (Lipinski definition) is 8. The predicted molar refractivity (Wildman–Crippen MR) is 213 cm³/mol. The fraction of sp³-hybridized carbons (Fsp3) is 0.364. The summed E-state index contributed by atoms with van der Waals surface area (Å²) in [5, 5.41) is 76.2. The van der Waals surface area contributed by atoms with E-state index in [0.717, 1.165) is 84.8 Å². The van der Waals surface area contributed by atoms with E-state index in [9.17, 15) is 30.6 Å². The number of aromatic hydroxyl groups is 4. The molecule has 0 saturated heterocycles. The fourth-order valence-electron chi connectivity index (χ4n) is 9.11. The van der Waals surface area contributed by atoms with Crippen molar-refractivity contribution < 1.29 is 30.6 Å². The van der Waals surface area contributed by atoms with Gasteiger partial charge in [-0.15, -0.1) is 0 Å². The molecule has 6 aromatic rings. The first kappa shape index (κ1) is 35.5. The molecular formula is C44H50N2O6. The van der Waals surface area contributed by atoms with Gasteiger partial charge in [0.15, 0.2) is 0 Å². The van der Waals surface area contributed by atoms with Crippen molar-refractivity contribution in [1.82, 2.24) is 0 Å². The quantitative estimate of drug-likeness (QED) is 0.0698. The highest BCUT2D eigenvalue weighted by atomic mass is 16.3. The van der Waals surface area contributed by atoms with E-state index in [-0.39, 0.29) is 23.0 Å². The van der Waals surface area contributed by atoms with Crippen LogP contribution in [0.2, 0.25) is 0 Å². The van der Waals surface area contributed by atoms with Crippen molar-refractivity contribution in [2.45, 2.75) is 77.4 Å². The SMILES string of the molecule is CCCN(CCC)c1c2cccc(O)c2c(C2C(O)C(c3c4c(O)cccc4c(N(CCC)CCC)c4cccc(O)c34)C2O)c2c(O)cccc12. The van der Waals surface area contributed by atoms with Gasteiger partial charge < -0.3 is 40.4 Å². The van der Waals surface area contributed by atoms with Crippen molar-refractivity contribution >= 4 is 54.5 Å². The van der Waals surface area contributed by atoms with Crippen molar-refractivity contribution in [2.75, 3.05) is 36.0 Å². The summed E-state index contributed by atoms with van der Waals surface area (Å²) in [5.74, 6) is -1.83. The van der Waals surface area contributed by atoms with Gasteiger partial charge in [-0.2, -0.15) is 0 Å². The van der Waals surface area contributed by atoms with Gasteiger partial charge in [-0.05, 0) is 61.1 Å². The Bertz CT molecular complexity index is 1980. The molecule has 0 amide bonds. The molecule has 272 valence electrons. The third-order valence-electron chi connectivity index (χ3n) is 11.0. The van der Waals surface area contributed by atoms with Crippen molar-refractivity contribution in [3.8, 4) is 23.0 Å². The second kappa shape index (κ2) is 14.2. The summed E-state index contributed by atoms with van der Waals surface area (Å²) in [6.07, 6.45) is 1.21. The number of rotatable bonds is 12. The van der Waals surface area contributed by atoms with Gasteiger partial charge in [0.1, 0.15) is 23.0 Å². The van der Waals surface area contributed by atoms with Crippen molar-refractivity contribution in [2.24, 2.45) is 0 Å². The molecule has 1 fully saturated rings. The lowest BCUT2D eigenvalue weighted by Crippen LogP contribution is -2.52. The molecule has 1 aliphatic rings. The molecule has 52 heavy (non-hydrogen) atoms. The highest BCUT2D eigenvalue weighted by Crippen LogP contribution is 2.59. The van der Waals surface area contributed by atoms with Crippen LogP contribution in [0.5, 0.6) is 23.0 Å². The topological polar surface area (TPSA) is 128 Å². The first-order valence-electron chi connectivity index (χ1n) is 18.8. The molecule has 0 aromatic heterocycles. The summed E-state index contributed by atoms with van der Waals surface area (Å²) < 4.78 is 0. The van der Waals surface area contributed by atoms with E-state index in [1.165, 1.54) is 0 Å². The Labute approximate surface area is 304 Å². The summed E-state index contributed by atoms with van der Waals surface area (Å²) in [6.45, 7) is 11.6. The average molecular weight is 703 g/mol. The summed E-state index contributed by atoms with van der Waals surface area (Å²) in [5.41, 5.74) is 2.75. The number of phenols is 4. The fourth-order valence-corrected chi connectivity index (χ4v) is 9.11. The minimum atomic E-state index is -1.20. The van der Waals surface area contributed by atoms with E-state index < -0.39 is 24.0 Å². The minimum absolute atomic E-state index is 0.00261. The zero-order valence-corrected chi connectivity index (χ0v) is 30.5. The van der Waals surface area contributed by atoms with Crippen LogP contribution in [0.3, 0.4) is 0 Å². The molecule has 6 N–H and O–H groups in total. The third-order valence-corrected chi connectivity index (χ3v) is 11.0. The van der Waals surface area contributed by atoms with Crippen LogP contribution in [0.15, 0.2) is 72.8 Å². The maximum atomic E-state index is 12.4. The number of aliphatic hydroxyl groups is 2. The predicted octanol–water partition coefficient (Wildman–Crippen LogP) is 8.98. The molecule has 8 heteroatoms. The van der Waals surface area contributed by atoms with E-state index in [1.807, 2.05) is 24.3 Å². The van der Waals surface area contributed by atoms with Gasteiger partial charge in [0.25, 0.3) is 0 Å². The Hall–Kier alpha value is -4.92. The maximum Gasteiger partial charge on any atom is 0.123 e. The Morgan fingerprint density at radius 3 is 0.904 bits per heavy atom. The number of fused-ring (bicyclic) bond motifs is 4. The van der Waals surface area contributed by atoms with Crippen LogP contribution in [0, 0.1) is 0 Å². The number of nitrogens with zero attached hydrogens (tertiary/aromatic N) is 2. The lowest BCUT2D eigenvalue weighted by molar-refractivity contribution is -0.0766. The van der Waals surface area contributed by atoms with Crippen LogP contribution in [-0.2, 0) is 0 Å². The molecule has 0 atom stereocenters. The Balaban J connectivity index is 1.50. The lowest BCUT2D eigenvalue weighted by atomic mass is 9.60. The van der Waals surface area contributed by atoms with Gasteiger partial charge in [-0.3, -0.25) is 0 Å². The third kappa shape index (κ3) is 5.42. The van der Waals surface area contributed by atoms with E-state index in [4.69, 9.17) is 0 Å². The molecule has 0 unspecified atom stereocenters. The molecule has 7 rings (SSSR count). The van der Waals surface area contributed by atoms with Crippen LogP contribution in [-0.4, -0.2) is 69.0 Å². The van der Waals surface area contributed by atoms with Crippen LogP contribution in [0.1, 0.15) is 76.3 Å². The van der Waals surface area contributed by atoms with Crippen LogP contribution >= 0.6 is 0 Å². The first-order valence-corrected chi connectivity index (χ1v) is 18.8. The Morgan fingerprint density at radius 2 is 0.673 bits per heavy atom. The molecule has 1 saturated carbocycles. The zero-order chi connectivity index (χ0) is 36.8. The number of hydrogen-bond donors (Lipinski definition) is 6. The zero-order valence-electron chi connectivity index (χ0n) is 30.5. The molecule has 6 aromatic carbocycles. The molecule has 0 aliphatic heterocycles. The number of aliphatic hydroxyl groups excluding tert-OH is 2. The summed E-state index contributed by atoms with van der Waals surface area (Å²) >= 11 is 0. The van der Waals surface area contributed by atoms with Gasteiger partial charge in [-0.1, -0.05) is 76.2 Å². The summed E-state index contributed by atoms with van der Waals surface area (Å²) in [7, 11) is 0. The smallest absolute Gasteiger partial charge is 0.123 e. The minimum Gasteiger partial charge on any atom is -0.507 e. The van der Waals surface area contributed by atoms with E-state index in [0.29, 0.717) is 32.7 Å². The van der Waals surface area contributed by atoms with Crippen LogP contribution < -0.4 is 9.80 Å².